The second-order valence-corrected chi connectivity index (χ2v) is 7.36. The van der Waals surface area contributed by atoms with Crippen molar-refractivity contribution in [3.8, 4) is 11.3 Å². The number of aryl methyl sites for hydroxylation is 1. The first kappa shape index (κ1) is 16.7. The van der Waals surface area contributed by atoms with Gasteiger partial charge in [0.05, 0.1) is 17.1 Å². The van der Waals surface area contributed by atoms with Crippen LogP contribution in [-0.2, 0) is 4.79 Å². The van der Waals surface area contributed by atoms with Gasteiger partial charge in [-0.2, -0.15) is 0 Å². The van der Waals surface area contributed by atoms with Crippen molar-refractivity contribution in [3.05, 3.63) is 54.1 Å². The van der Waals surface area contributed by atoms with E-state index < -0.39 is 5.97 Å². The van der Waals surface area contributed by atoms with Gasteiger partial charge in [0.15, 0.2) is 0 Å². The molecule has 0 bridgehead atoms. The molecule has 1 aromatic heterocycles. The fraction of sp³-hybridized carbons (Fsp3) is 0.318. The highest BCUT2D eigenvalue weighted by atomic mass is 16.4. The number of aliphatic carboxylic acids is 1. The quantitative estimate of drug-likeness (QED) is 0.607. The maximum atomic E-state index is 11.2. The molecule has 0 amide bonds. The molecular formula is C22H24N2O2. The number of carboxylic acid groups (broad SMARTS) is 1. The van der Waals surface area contributed by atoms with Crippen LogP contribution in [0.1, 0.15) is 31.2 Å². The third-order valence-electron chi connectivity index (χ3n) is 5.39. The summed E-state index contributed by atoms with van der Waals surface area (Å²) in [5.74, 6) is -0.834. The van der Waals surface area contributed by atoms with Crippen molar-refractivity contribution in [2.75, 3.05) is 5.32 Å². The summed E-state index contributed by atoms with van der Waals surface area (Å²) < 4.78 is 0. The van der Waals surface area contributed by atoms with Gasteiger partial charge in [0, 0.05) is 17.1 Å². The lowest BCUT2D eigenvalue weighted by molar-refractivity contribution is -0.142. The van der Waals surface area contributed by atoms with Gasteiger partial charge in [-0.3, -0.25) is 4.79 Å². The Balaban J connectivity index is 1.61. The Morgan fingerprint density at radius 1 is 1.08 bits per heavy atom. The molecule has 3 N–H and O–H groups in total. The van der Waals surface area contributed by atoms with Crippen LogP contribution in [0, 0.1) is 12.8 Å². The highest BCUT2D eigenvalue weighted by molar-refractivity contribution is 5.95. The van der Waals surface area contributed by atoms with Gasteiger partial charge in [0.1, 0.15) is 0 Å². The van der Waals surface area contributed by atoms with Crippen LogP contribution in [0.15, 0.2) is 48.5 Å². The van der Waals surface area contributed by atoms with Crippen LogP contribution in [0.3, 0.4) is 0 Å². The first-order valence-corrected chi connectivity index (χ1v) is 9.28. The van der Waals surface area contributed by atoms with E-state index in [0.717, 1.165) is 42.6 Å². The number of hydrogen-bond acceptors (Lipinski definition) is 2. The largest absolute Gasteiger partial charge is 0.481 e. The summed E-state index contributed by atoms with van der Waals surface area (Å²) in [7, 11) is 0. The number of aromatic amines is 1. The number of carboxylic acids is 1. The second kappa shape index (κ2) is 6.87. The number of H-pyrrole nitrogens is 1. The van der Waals surface area contributed by atoms with Crippen molar-refractivity contribution in [2.45, 2.75) is 38.6 Å². The number of benzene rings is 2. The Hall–Kier alpha value is -2.75. The standard InChI is InChI=1S/C22H24N2O2/c1-14-11-17-13-19(15-5-3-2-4-6-15)24-21(17)20(12-14)23-18-9-7-16(8-10-18)22(25)26/h2-6,11-13,16,18,23-24H,7-10H2,1H3,(H,25,26). The molecule has 1 aliphatic carbocycles. The molecule has 1 fully saturated rings. The van der Waals surface area contributed by atoms with E-state index in [4.69, 9.17) is 0 Å². The van der Waals surface area contributed by atoms with Crippen LogP contribution < -0.4 is 5.32 Å². The Kier molecular flexibility index (Phi) is 4.41. The van der Waals surface area contributed by atoms with Gasteiger partial charge in [-0.1, -0.05) is 30.3 Å². The van der Waals surface area contributed by atoms with Crippen LogP contribution in [0.2, 0.25) is 0 Å². The Morgan fingerprint density at radius 3 is 2.50 bits per heavy atom. The molecule has 1 saturated carbocycles. The summed E-state index contributed by atoms with van der Waals surface area (Å²) in [5.41, 5.74) is 5.74. The fourth-order valence-electron chi connectivity index (χ4n) is 3.99. The van der Waals surface area contributed by atoms with Crippen molar-refractivity contribution < 1.29 is 9.90 Å². The summed E-state index contributed by atoms with van der Waals surface area (Å²) in [6.45, 7) is 2.11. The number of hydrogen-bond donors (Lipinski definition) is 3. The fourth-order valence-corrected chi connectivity index (χ4v) is 3.99. The molecule has 4 nitrogen and oxygen atoms in total. The monoisotopic (exact) mass is 348 g/mol. The first-order chi connectivity index (χ1) is 12.6. The minimum Gasteiger partial charge on any atom is -0.481 e. The number of rotatable bonds is 4. The van der Waals surface area contributed by atoms with Crippen LogP contribution in [-0.4, -0.2) is 22.1 Å². The molecular weight excluding hydrogens is 324 g/mol. The highest BCUT2D eigenvalue weighted by Crippen LogP contribution is 2.33. The van der Waals surface area contributed by atoms with Crippen molar-refractivity contribution in [2.24, 2.45) is 5.92 Å². The lowest BCUT2D eigenvalue weighted by Gasteiger charge is -2.28. The minimum atomic E-state index is -0.654. The molecule has 2 aromatic carbocycles. The zero-order chi connectivity index (χ0) is 18.1. The molecule has 0 radical (unpaired) electrons. The van der Waals surface area contributed by atoms with E-state index in [9.17, 15) is 9.90 Å². The van der Waals surface area contributed by atoms with Crippen molar-refractivity contribution in [3.63, 3.8) is 0 Å². The molecule has 3 aromatic rings. The number of aromatic nitrogens is 1. The number of fused-ring (bicyclic) bond motifs is 1. The third-order valence-corrected chi connectivity index (χ3v) is 5.39. The molecule has 0 aliphatic heterocycles. The average molecular weight is 348 g/mol. The van der Waals surface area contributed by atoms with Crippen LogP contribution in [0.4, 0.5) is 5.69 Å². The smallest absolute Gasteiger partial charge is 0.306 e. The number of nitrogens with one attached hydrogen (secondary N) is 2. The maximum absolute atomic E-state index is 11.2. The topological polar surface area (TPSA) is 65.1 Å². The van der Waals surface area contributed by atoms with Crippen LogP contribution in [0.25, 0.3) is 22.2 Å². The van der Waals surface area contributed by atoms with Gasteiger partial charge in [-0.25, -0.2) is 0 Å². The molecule has 134 valence electrons. The number of anilines is 1. The van der Waals surface area contributed by atoms with Gasteiger partial charge in [-0.15, -0.1) is 0 Å². The van der Waals surface area contributed by atoms with Gasteiger partial charge >= 0.3 is 5.97 Å². The van der Waals surface area contributed by atoms with E-state index in [-0.39, 0.29) is 5.92 Å². The molecule has 1 aliphatic rings. The molecule has 0 saturated heterocycles. The first-order valence-electron chi connectivity index (χ1n) is 9.28. The molecule has 4 heteroatoms. The van der Waals surface area contributed by atoms with Gasteiger partial charge in [-0.05, 0) is 61.9 Å². The number of carbonyl (C=O) groups is 1. The van der Waals surface area contributed by atoms with E-state index in [2.05, 4.69) is 47.6 Å². The van der Waals surface area contributed by atoms with Crippen LogP contribution >= 0.6 is 0 Å². The molecule has 4 rings (SSSR count). The summed E-state index contributed by atoms with van der Waals surface area (Å²) in [4.78, 5) is 14.7. The van der Waals surface area contributed by atoms with Gasteiger partial charge in [0.25, 0.3) is 0 Å². The van der Waals surface area contributed by atoms with E-state index >= 15 is 0 Å². The van der Waals surface area contributed by atoms with Gasteiger partial charge in [0.2, 0.25) is 0 Å². The SMILES string of the molecule is Cc1cc(NC2CCC(C(=O)O)CC2)c2[nH]c(-c3ccccc3)cc2c1. The lowest BCUT2D eigenvalue weighted by atomic mass is 9.86. The van der Waals surface area contributed by atoms with Gasteiger partial charge < -0.3 is 15.4 Å². The van der Waals surface area contributed by atoms with E-state index in [1.807, 2.05) is 18.2 Å². The predicted molar refractivity (Wildman–Crippen MR) is 105 cm³/mol. The van der Waals surface area contributed by atoms with E-state index in [1.54, 1.807) is 0 Å². The zero-order valence-electron chi connectivity index (χ0n) is 15.0. The van der Waals surface area contributed by atoms with Crippen molar-refractivity contribution in [1.82, 2.24) is 4.98 Å². The molecule has 0 unspecified atom stereocenters. The maximum Gasteiger partial charge on any atom is 0.306 e. The summed E-state index contributed by atoms with van der Waals surface area (Å²) in [6.07, 6.45) is 3.31. The molecule has 0 spiro atoms. The Morgan fingerprint density at radius 2 is 1.81 bits per heavy atom. The molecule has 1 heterocycles. The van der Waals surface area contributed by atoms with E-state index in [0.29, 0.717) is 6.04 Å². The normalized spacial score (nSPS) is 20.2. The Bertz CT molecular complexity index is 922. The van der Waals surface area contributed by atoms with E-state index in [1.165, 1.54) is 16.5 Å². The lowest BCUT2D eigenvalue weighted by Crippen LogP contribution is -2.29. The summed E-state index contributed by atoms with van der Waals surface area (Å²) >= 11 is 0. The predicted octanol–water partition coefficient (Wildman–Crippen LogP) is 5.20. The second-order valence-electron chi connectivity index (χ2n) is 7.36. The molecule has 26 heavy (non-hydrogen) atoms. The van der Waals surface area contributed by atoms with Crippen molar-refractivity contribution >= 4 is 22.6 Å². The third kappa shape index (κ3) is 3.32. The van der Waals surface area contributed by atoms with Crippen LogP contribution in [0.5, 0.6) is 0 Å². The Labute approximate surface area is 153 Å². The summed E-state index contributed by atoms with van der Waals surface area (Å²) in [5, 5.41) is 14.0. The highest BCUT2D eigenvalue weighted by Gasteiger charge is 2.26. The average Bonchev–Trinajstić information content (AvgIpc) is 3.07. The molecule has 0 atom stereocenters. The minimum absolute atomic E-state index is 0.180. The summed E-state index contributed by atoms with van der Waals surface area (Å²) in [6, 6.07) is 17.2. The van der Waals surface area contributed by atoms with Crippen molar-refractivity contribution in [1.29, 1.82) is 0 Å². The zero-order valence-corrected chi connectivity index (χ0v) is 15.0.